The molecule has 2 aromatic rings. The Morgan fingerprint density at radius 2 is 2.13 bits per heavy atom. The Hall–Kier alpha value is -2.28. The minimum Gasteiger partial charge on any atom is -0.395 e. The summed E-state index contributed by atoms with van der Waals surface area (Å²) in [4.78, 5) is 18.1. The zero-order valence-corrected chi connectivity index (χ0v) is 14.5. The van der Waals surface area contributed by atoms with Gasteiger partial charge in [0.15, 0.2) is 0 Å². The molecule has 1 heterocycles. The fourth-order valence-electron chi connectivity index (χ4n) is 1.86. The number of carbonyl (C=O) groups is 1. The summed E-state index contributed by atoms with van der Waals surface area (Å²) < 4.78 is 3.79. The average Bonchev–Trinajstić information content (AvgIpc) is 2.93. The van der Waals surface area contributed by atoms with Crippen molar-refractivity contribution in [3.05, 3.63) is 40.4 Å². The van der Waals surface area contributed by atoms with Crippen molar-refractivity contribution in [3.8, 4) is 0 Å². The number of oxime groups is 1. The number of aryl methyl sites for hydroxylation is 1. The van der Waals surface area contributed by atoms with Crippen molar-refractivity contribution >= 4 is 28.8 Å². The lowest BCUT2D eigenvalue weighted by Gasteiger charge is -2.10. The first kappa shape index (κ1) is 17.1. The molecule has 0 unspecified atom stereocenters. The minimum atomic E-state index is -0.221. The first-order chi connectivity index (χ1) is 11.0. The van der Waals surface area contributed by atoms with Crippen LogP contribution in [0, 0.1) is 12.8 Å². The van der Waals surface area contributed by atoms with Crippen LogP contribution in [0.2, 0.25) is 0 Å². The van der Waals surface area contributed by atoms with Crippen molar-refractivity contribution in [1.82, 2.24) is 9.59 Å². The van der Waals surface area contributed by atoms with Crippen LogP contribution in [0.1, 0.15) is 41.7 Å². The predicted molar refractivity (Wildman–Crippen MR) is 92.0 cm³/mol. The Morgan fingerprint density at radius 3 is 2.78 bits per heavy atom. The van der Waals surface area contributed by atoms with Gasteiger partial charge in [0, 0.05) is 5.56 Å². The van der Waals surface area contributed by atoms with Crippen molar-refractivity contribution in [1.29, 1.82) is 0 Å². The SMILES string of the molecule is C/C(=N\OCC(C)C)c1ccccc1NC(=O)c1snnc1C. The maximum Gasteiger partial charge on any atom is 0.269 e. The lowest BCUT2D eigenvalue weighted by molar-refractivity contribution is 0.102. The molecule has 0 radical (unpaired) electrons. The summed E-state index contributed by atoms with van der Waals surface area (Å²) in [6.45, 7) is 8.29. The van der Waals surface area contributed by atoms with E-state index in [1.165, 1.54) is 0 Å². The highest BCUT2D eigenvalue weighted by molar-refractivity contribution is 7.08. The van der Waals surface area contributed by atoms with Crippen LogP contribution in [0.15, 0.2) is 29.4 Å². The number of rotatable bonds is 6. The first-order valence-corrected chi connectivity index (χ1v) is 8.12. The van der Waals surface area contributed by atoms with Crippen LogP contribution in [0.25, 0.3) is 0 Å². The fraction of sp³-hybridized carbons (Fsp3) is 0.375. The molecule has 0 spiro atoms. The molecule has 0 bridgehead atoms. The van der Waals surface area contributed by atoms with Gasteiger partial charge in [-0.05, 0) is 37.4 Å². The van der Waals surface area contributed by atoms with Gasteiger partial charge in [-0.3, -0.25) is 4.79 Å². The van der Waals surface area contributed by atoms with Crippen LogP contribution in [0.4, 0.5) is 5.69 Å². The van der Waals surface area contributed by atoms with Crippen LogP contribution in [-0.2, 0) is 4.84 Å². The highest BCUT2D eigenvalue weighted by atomic mass is 32.1. The summed E-state index contributed by atoms with van der Waals surface area (Å²) >= 11 is 1.08. The maximum absolute atomic E-state index is 12.3. The van der Waals surface area contributed by atoms with Crippen LogP contribution in [-0.4, -0.2) is 27.8 Å². The molecule has 7 heteroatoms. The van der Waals surface area contributed by atoms with E-state index in [0.717, 1.165) is 17.1 Å². The van der Waals surface area contributed by atoms with Crippen LogP contribution in [0.5, 0.6) is 0 Å². The van der Waals surface area contributed by atoms with Gasteiger partial charge in [0.25, 0.3) is 5.91 Å². The summed E-state index contributed by atoms with van der Waals surface area (Å²) in [5, 5.41) is 10.9. The molecule has 1 N–H and O–H groups in total. The largest absolute Gasteiger partial charge is 0.395 e. The molecule has 0 atom stereocenters. The lowest BCUT2D eigenvalue weighted by atomic mass is 10.1. The second kappa shape index (κ2) is 7.82. The van der Waals surface area contributed by atoms with Crippen molar-refractivity contribution < 1.29 is 9.63 Å². The number of aromatic nitrogens is 2. The van der Waals surface area contributed by atoms with Crippen molar-refractivity contribution in [3.63, 3.8) is 0 Å². The van der Waals surface area contributed by atoms with E-state index in [1.807, 2.05) is 31.2 Å². The van der Waals surface area contributed by atoms with E-state index in [9.17, 15) is 4.79 Å². The molecule has 0 fully saturated rings. The minimum absolute atomic E-state index is 0.221. The zero-order valence-electron chi connectivity index (χ0n) is 13.7. The third-order valence-electron chi connectivity index (χ3n) is 3.03. The third-order valence-corrected chi connectivity index (χ3v) is 3.86. The molecule has 23 heavy (non-hydrogen) atoms. The van der Waals surface area contributed by atoms with Gasteiger partial charge in [0.05, 0.1) is 17.1 Å². The monoisotopic (exact) mass is 332 g/mol. The lowest BCUT2D eigenvalue weighted by Crippen LogP contribution is -2.14. The molecule has 0 aliphatic rings. The van der Waals surface area contributed by atoms with Gasteiger partial charge < -0.3 is 10.2 Å². The Kier molecular flexibility index (Phi) is 5.81. The van der Waals surface area contributed by atoms with Crippen LogP contribution in [0.3, 0.4) is 0 Å². The molecule has 0 aliphatic heterocycles. The first-order valence-electron chi connectivity index (χ1n) is 7.35. The van der Waals surface area contributed by atoms with Gasteiger partial charge >= 0.3 is 0 Å². The number of nitrogens with one attached hydrogen (secondary N) is 1. The predicted octanol–water partition coefficient (Wildman–Crippen LogP) is 3.50. The number of para-hydroxylation sites is 1. The van der Waals surface area contributed by atoms with Gasteiger partial charge in [0.1, 0.15) is 11.5 Å². The Bertz CT molecular complexity index is 710. The molecule has 1 amide bonds. The van der Waals surface area contributed by atoms with Crippen molar-refractivity contribution in [2.75, 3.05) is 11.9 Å². The summed E-state index contributed by atoms with van der Waals surface area (Å²) in [5.41, 5.74) is 2.83. The van der Waals surface area contributed by atoms with E-state index in [-0.39, 0.29) is 5.91 Å². The molecule has 1 aromatic carbocycles. The molecular formula is C16H20N4O2S. The van der Waals surface area contributed by atoms with Crippen molar-refractivity contribution in [2.45, 2.75) is 27.7 Å². The normalized spacial score (nSPS) is 11.6. The quantitative estimate of drug-likeness (QED) is 0.649. The molecular weight excluding hydrogens is 312 g/mol. The van der Waals surface area contributed by atoms with E-state index < -0.39 is 0 Å². The highest BCUT2D eigenvalue weighted by Gasteiger charge is 2.15. The summed E-state index contributed by atoms with van der Waals surface area (Å²) in [6.07, 6.45) is 0. The van der Waals surface area contributed by atoms with E-state index in [0.29, 0.717) is 34.5 Å². The molecule has 122 valence electrons. The number of hydrogen-bond acceptors (Lipinski definition) is 6. The van der Waals surface area contributed by atoms with E-state index in [2.05, 4.69) is 33.9 Å². The van der Waals surface area contributed by atoms with Gasteiger partial charge in [0.2, 0.25) is 0 Å². The Morgan fingerprint density at radius 1 is 1.39 bits per heavy atom. The Balaban J connectivity index is 2.17. The van der Waals surface area contributed by atoms with E-state index in [4.69, 9.17) is 4.84 Å². The number of nitrogens with zero attached hydrogens (tertiary/aromatic N) is 3. The Labute approximate surface area is 139 Å². The number of hydrogen-bond donors (Lipinski definition) is 1. The zero-order chi connectivity index (χ0) is 16.8. The highest BCUT2D eigenvalue weighted by Crippen LogP contribution is 2.19. The van der Waals surface area contributed by atoms with Gasteiger partial charge in [-0.1, -0.05) is 41.7 Å². The maximum atomic E-state index is 12.3. The molecule has 0 aliphatic carbocycles. The number of anilines is 1. The van der Waals surface area contributed by atoms with Gasteiger partial charge in [-0.25, -0.2) is 0 Å². The number of benzene rings is 1. The van der Waals surface area contributed by atoms with Crippen LogP contribution >= 0.6 is 11.5 Å². The fourth-order valence-corrected chi connectivity index (χ4v) is 2.41. The summed E-state index contributed by atoms with van der Waals surface area (Å²) in [6, 6.07) is 7.48. The number of carbonyl (C=O) groups excluding carboxylic acids is 1. The number of amides is 1. The summed E-state index contributed by atoms with van der Waals surface area (Å²) in [7, 11) is 0. The average molecular weight is 332 g/mol. The third kappa shape index (κ3) is 4.59. The molecule has 0 saturated heterocycles. The van der Waals surface area contributed by atoms with Crippen LogP contribution < -0.4 is 5.32 Å². The van der Waals surface area contributed by atoms with Gasteiger partial charge in [-0.15, -0.1) is 5.10 Å². The molecule has 2 rings (SSSR count). The molecule has 0 saturated carbocycles. The molecule has 1 aromatic heterocycles. The standard InChI is InChI=1S/C16H20N4O2S/c1-10(2)9-22-19-11(3)13-7-5-6-8-14(13)17-16(21)15-12(4)18-20-23-15/h5-8,10H,9H2,1-4H3,(H,17,21)/b19-11+. The van der Waals surface area contributed by atoms with E-state index in [1.54, 1.807) is 6.92 Å². The van der Waals surface area contributed by atoms with Crippen molar-refractivity contribution in [2.24, 2.45) is 11.1 Å². The smallest absolute Gasteiger partial charge is 0.269 e. The second-order valence-corrected chi connectivity index (χ2v) is 6.31. The molecule has 6 nitrogen and oxygen atoms in total. The van der Waals surface area contributed by atoms with Gasteiger partial charge in [-0.2, -0.15) is 0 Å². The second-order valence-electron chi connectivity index (χ2n) is 5.55. The van der Waals surface area contributed by atoms with E-state index >= 15 is 0 Å². The summed E-state index contributed by atoms with van der Waals surface area (Å²) in [5.74, 6) is 0.184. The topological polar surface area (TPSA) is 76.5 Å².